The van der Waals surface area contributed by atoms with E-state index in [9.17, 15) is 67.0 Å². The molecule has 158 valence electrons. The lowest BCUT2D eigenvalue weighted by Gasteiger charge is -2.43. The first-order valence-electron chi connectivity index (χ1n) is 5.97. The molecule has 0 radical (unpaired) electrons. The number of halogens is 12. The molecule has 4 nitrogen and oxygen atoms in total. The third kappa shape index (κ3) is 7.12. The normalized spacial score (nSPS) is 16.7. The van der Waals surface area contributed by atoms with Crippen molar-refractivity contribution >= 4 is 7.82 Å². The first-order valence-corrected chi connectivity index (χ1v) is 7.43. The maximum Gasteiger partial charge on any atom is 0.400 e. The molecule has 0 saturated carbocycles. The molecule has 0 spiro atoms. The summed E-state index contributed by atoms with van der Waals surface area (Å²) in [5, 5.41) is 0. The fourth-order valence-electron chi connectivity index (χ4n) is 2.25. The van der Waals surface area contributed by atoms with E-state index >= 15 is 0 Å². The van der Waals surface area contributed by atoms with Crippen molar-refractivity contribution in [1.82, 2.24) is 0 Å². The highest BCUT2D eigenvalue weighted by molar-refractivity contribution is 7.43. The van der Waals surface area contributed by atoms with E-state index in [0.717, 1.165) is 0 Å². The van der Waals surface area contributed by atoms with Crippen molar-refractivity contribution in [1.29, 1.82) is 0 Å². The lowest BCUT2D eigenvalue weighted by atomic mass is 9.76. The Labute approximate surface area is 136 Å². The molecule has 0 saturated heterocycles. The minimum Gasteiger partial charge on any atom is -0.790 e. The van der Waals surface area contributed by atoms with Gasteiger partial charge in [-0.15, -0.1) is 0 Å². The smallest absolute Gasteiger partial charge is 0.400 e. The Morgan fingerprint density at radius 3 is 1.08 bits per heavy atom. The van der Waals surface area contributed by atoms with E-state index in [1.165, 1.54) is 0 Å². The zero-order valence-electron chi connectivity index (χ0n) is 11.9. The number of phosphoric acid groups is 1. The topological polar surface area (TPSA) is 72.4 Å². The highest BCUT2D eigenvalue weighted by atomic mass is 31.2. The number of hydrogen-bond donors (Lipinski definition) is 0. The zero-order valence-corrected chi connectivity index (χ0v) is 12.8. The summed E-state index contributed by atoms with van der Waals surface area (Å²) < 4.78 is 165. The molecule has 1 atom stereocenters. The standard InChI is InChI=1S/C9H9F12O4P/c1-2(25-26(22,23)24)3(4(6(10,11)12)7(13,14)15)5(8(16,17)18)9(19,20)21/h2-5H,1H3,(H2,22,23,24)/p-2. The highest BCUT2D eigenvalue weighted by Crippen LogP contribution is 2.55. The van der Waals surface area contributed by atoms with Gasteiger partial charge in [-0.3, -0.25) is 0 Å². The highest BCUT2D eigenvalue weighted by Gasteiger charge is 2.71. The lowest BCUT2D eigenvalue weighted by Crippen LogP contribution is -2.56. The Balaban J connectivity index is 6.65. The van der Waals surface area contributed by atoms with Crippen molar-refractivity contribution in [3.05, 3.63) is 0 Å². The van der Waals surface area contributed by atoms with E-state index < -0.39 is 56.4 Å². The molecule has 1 unspecified atom stereocenters. The maximum atomic E-state index is 12.7. The summed E-state index contributed by atoms with van der Waals surface area (Å²) >= 11 is 0. The zero-order chi connectivity index (χ0) is 21.5. The molecule has 0 aliphatic rings. The van der Waals surface area contributed by atoms with Crippen LogP contribution >= 0.6 is 7.82 Å². The fraction of sp³-hybridized carbons (Fsp3) is 1.00. The molecule has 0 aliphatic heterocycles. The van der Waals surface area contributed by atoms with Gasteiger partial charge in [0.25, 0.3) is 0 Å². The third-order valence-electron chi connectivity index (χ3n) is 3.02. The van der Waals surface area contributed by atoms with Crippen molar-refractivity contribution in [3.8, 4) is 0 Å². The van der Waals surface area contributed by atoms with E-state index in [0.29, 0.717) is 0 Å². The van der Waals surface area contributed by atoms with Crippen LogP contribution in [0.15, 0.2) is 0 Å². The van der Waals surface area contributed by atoms with Crippen LogP contribution in [0.2, 0.25) is 0 Å². The molecule has 0 fully saturated rings. The SMILES string of the molecule is CC(OP(=O)([O-])[O-])C(C(C(F)(F)F)C(F)(F)F)C(C(F)(F)F)C(F)(F)F. The van der Waals surface area contributed by atoms with E-state index in [2.05, 4.69) is 4.52 Å². The first-order chi connectivity index (χ1) is 11.0. The molecule has 26 heavy (non-hydrogen) atoms. The quantitative estimate of drug-likeness (QED) is 0.488. The Morgan fingerprint density at radius 1 is 0.692 bits per heavy atom. The van der Waals surface area contributed by atoms with Gasteiger partial charge in [-0.25, -0.2) is 0 Å². The average molecular weight is 438 g/mol. The van der Waals surface area contributed by atoms with Crippen LogP contribution in [0.5, 0.6) is 0 Å². The molecule has 0 aromatic heterocycles. The van der Waals surface area contributed by atoms with Crippen molar-refractivity contribution < 1.29 is 71.6 Å². The van der Waals surface area contributed by atoms with Gasteiger partial charge in [0, 0.05) is 5.92 Å². The van der Waals surface area contributed by atoms with Crippen LogP contribution in [-0.4, -0.2) is 30.8 Å². The second kappa shape index (κ2) is 7.36. The van der Waals surface area contributed by atoms with Crippen molar-refractivity contribution in [3.63, 3.8) is 0 Å². The number of alkyl halides is 12. The van der Waals surface area contributed by atoms with Crippen molar-refractivity contribution in [2.45, 2.75) is 37.7 Å². The van der Waals surface area contributed by atoms with E-state index in [1.54, 1.807) is 0 Å². The van der Waals surface area contributed by atoms with Gasteiger partial charge in [0.05, 0.1) is 13.9 Å². The van der Waals surface area contributed by atoms with Gasteiger partial charge < -0.3 is 18.9 Å². The summed E-state index contributed by atoms with van der Waals surface area (Å²) in [5.41, 5.74) is 0. The summed E-state index contributed by atoms with van der Waals surface area (Å²) in [7, 11) is -6.53. The average Bonchev–Trinajstić information content (AvgIpc) is 2.16. The van der Waals surface area contributed by atoms with Gasteiger partial charge >= 0.3 is 24.7 Å². The monoisotopic (exact) mass is 438 g/mol. The molecule has 0 amide bonds. The molecular formula is C9H7F12O4P-2. The predicted octanol–water partition coefficient (Wildman–Crippen LogP) is 3.32. The van der Waals surface area contributed by atoms with Gasteiger partial charge in [-0.1, -0.05) is 0 Å². The summed E-state index contributed by atoms with van der Waals surface area (Å²) in [6.07, 6.45) is -30.4. The second-order valence-electron chi connectivity index (χ2n) is 4.96. The van der Waals surface area contributed by atoms with Crippen LogP contribution in [0.1, 0.15) is 6.92 Å². The largest absolute Gasteiger partial charge is 0.790 e. The van der Waals surface area contributed by atoms with Gasteiger partial charge in [0.2, 0.25) is 0 Å². The van der Waals surface area contributed by atoms with E-state index in [-0.39, 0.29) is 6.92 Å². The van der Waals surface area contributed by atoms with Crippen LogP contribution in [-0.2, 0) is 9.09 Å². The first kappa shape index (κ1) is 25.3. The summed E-state index contributed by atoms with van der Waals surface area (Å²) in [5.74, 6) is -15.2. The van der Waals surface area contributed by atoms with Crippen LogP contribution in [0.4, 0.5) is 52.7 Å². The number of rotatable bonds is 5. The van der Waals surface area contributed by atoms with Gasteiger partial charge in [0.15, 0.2) is 11.8 Å². The predicted molar refractivity (Wildman–Crippen MR) is 52.8 cm³/mol. The van der Waals surface area contributed by atoms with Crippen molar-refractivity contribution in [2.24, 2.45) is 17.8 Å². The van der Waals surface area contributed by atoms with Crippen LogP contribution < -0.4 is 9.79 Å². The second-order valence-corrected chi connectivity index (χ2v) is 6.06. The lowest BCUT2D eigenvalue weighted by molar-refractivity contribution is -0.371. The molecule has 0 bridgehead atoms. The molecule has 0 aliphatic carbocycles. The minimum atomic E-state index is -6.70. The van der Waals surface area contributed by atoms with Gasteiger partial charge in [-0.05, 0) is 6.92 Å². The Morgan fingerprint density at radius 2 is 0.923 bits per heavy atom. The third-order valence-corrected chi connectivity index (χ3v) is 3.61. The molecular weight excluding hydrogens is 431 g/mol. The van der Waals surface area contributed by atoms with Crippen LogP contribution in [0.3, 0.4) is 0 Å². The summed E-state index contributed by atoms with van der Waals surface area (Å²) in [6, 6.07) is 0. The molecule has 0 aromatic carbocycles. The van der Waals surface area contributed by atoms with Crippen LogP contribution in [0.25, 0.3) is 0 Å². The number of phosphoric ester groups is 1. The minimum absolute atomic E-state index is 0.248. The fourth-order valence-corrected chi connectivity index (χ4v) is 2.80. The Kier molecular flexibility index (Phi) is 7.15. The number of hydrogen-bond acceptors (Lipinski definition) is 4. The van der Waals surface area contributed by atoms with Gasteiger partial charge in [-0.2, -0.15) is 52.7 Å². The van der Waals surface area contributed by atoms with E-state index in [1.807, 2.05) is 0 Å². The Hall–Kier alpha value is -0.730. The Bertz CT molecular complexity index is 455. The summed E-state index contributed by atoms with van der Waals surface area (Å²) in [4.78, 5) is 20.6. The van der Waals surface area contributed by atoms with E-state index in [4.69, 9.17) is 0 Å². The van der Waals surface area contributed by atoms with Crippen LogP contribution in [0, 0.1) is 17.8 Å². The molecule has 0 rings (SSSR count). The molecule has 0 aromatic rings. The van der Waals surface area contributed by atoms with Crippen molar-refractivity contribution in [2.75, 3.05) is 0 Å². The summed E-state index contributed by atoms with van der Waals surface area (Å²) in [6.45, 7) is -0.248. The maximum absolute atomic E-state index is 12.7. The molecule has 0 N–H and O–H groups in total. The molecule has 0 heterocycles. The van der Waals surface area contributed by atoms with Gasteiger partial charge in [0.1, 0.15) is 0 Å². The molecule has 17 heteroatoms.